The van der Waals surface area contributed by atoms with Gasteiger partial charge in [0.2, 0.25) is 0 Å². The third-order valence-corrected chi connectivity index (χ3v) is 3.79. The molecule has 0 radical (unpaired) electrons. The molecule has 0 spiro atoms. The second-order valence-corrected chi connectivity index (χ2v) is 5.84. The van der Waals surface area contributed by atoms with Gasteiger partial charge in [0.05, 0.1) is 6.61 Å². The molecule has 2 N–H and O–H groups in total. The van der Waals surface area contributed by atoms with Crippen molar-refractivity contribution in [2.24, 2.45) is 11.7 Å². The van der Waals surface area contributed by atoms with Crippen LogP contribution in [-0.4, -0.2) is 43.8 Å². The fourth-order valence-electron chi connectivity index (χ4n) is 2.35. The van der Waals surface area contributed by atoms with Crippen LogP contribution < -0.4 is 5.73 Å². The SMILES string of the molecule is CC(C)CCOCCN(C)C1CCC(N)CC1. The Kier molecular flexibility index (Phi) is 7.09. The van der Waals surface area contributed by atoms with E-state index in [1.807, 2.05) is 0 Å². The fraction of sp³-hybridized carbons (Fsp3) is 1.00. The van der Waals surface area contributed by atoms with Gasteiger partial charge in [-0.05, 0) is 45.1 Å². The molecule has 0 atom stereocenters. The molecule has 0 unspecified atom stereocenters. The van der Waals surface area contributed by atoms with Crippen molar-refractivity contribution in [2.45, 2.75) is 58.0 Å². The van der Waals surface area contributed by atoms with E-state index in [-0.39, 0.29) is 0 Å². The molecule has 17 heavy (non-hydrogen) atoms. The normalized spacial score (nSPS) is 25.8. The molecule has 0 saturated heterocycles. The van der Waals surface area contributed by atoms with Crippen molar-refractivity contribution in [1.82, 2.24) is 4.90 Å². The average molecular weight is 242 g/mol. The second-order valence-electron chi connectivity index (χ2n) is 5.84. The van der Waals surface area contributed by atoms with Gasteiger partial charge in [-0.2, -0.15) is 0 Å². The molecule has 1 saturated carbocycles. The van der Waals surface area contributed by atoms with Crippen molar-refractivity contribution in [3.63, 3.8) is 0 Å². The number of ether oxygens (including phenoxy) is 1. The Balaban J connectivity index is 2.02. The summed E-state index contributed by atoms with van der Waals surface area (Å²) in [5.74, 6) is 0.743. The van der Waals surface area contributed by atoms with E-state index in [0.717, 1.165) is 31.7 Å². The first-order valence-corrected chi connectivity index (χ1v) is 7.13. The van der Waals surface area contributed by atoms with Gasteiger partial charge in [-0.1, -0.05) is 13.8 Å². The first kappa shape index (κ1) is 14.9. The molecular formula is C14H30N2O. The molecule has 1 aliphatic rings. The van der Waals surface area contributed by atoms with Crippen LogP contribution in [0.2, 0.25) is 0 Å². The van der Waals surface area contributed by atoms with E-state index < -0.39 is 0 Å². The minimum absolute atomic E-state index is 0.446. The van der Waals surface area contributed by atoms with Crippen molar-refractivity contribution in [3.05, 3.63) is 0 Å². The number of rotatable bonds is 7. The lowest BCUT2D eigenvalue weighted by atomic mass is 9.91. The zero-order valence-corrected chi connectivity index (χ0v) is 11.8. The van der Waals surface area contributed by atoms with Crippen LogP contribution in [0.5, 0.6) is 0 Å². The van der Waals surface area contributed by atoms with E-state index in [1.165, 1.54) is 32.1 Å². The van der Waals surface area contributed by atoms with Gasteiger partial charge < -0.3 is 15.4 Å². The van der Waals surface area contributed by atoms with Crippen LogP contribution in [0.1, 0.15) is 46.0 Å². The quantitative estimate of drug-likeness (QED) is 0.696. The average Bonchev–Trinajstić information content (AvgIpc) is 2.29. The number of likely N-dealkylation sites (N-methyl/N-ethyl adjacent to an activating group) is 1. The number of hydrogen-bond acceptors (Lipinski definition) is 3. The van der Waals surface area contributed by atoms with Gasteiger partial charge in [0.25, 0.3) is 0 Å². The summed E-state index contributed by atoms with van der Waals surface area (Å²) in [7, 11) is 2.22. The maximum atomic E-state index is 5.92. The lowest BCUT2D eigenvalue weighted by molar-refractivity contribution is 0.0826. The Morgan fingerprint density at radius 1 is 1.18 bits per heavy atom. The van der Waals surface area contributed by atoms with Gasteiger partial charge in [0.1, 0.15) is 0 Å². The minimum atomic E-state index is 0.446. The molecule has 0 aromatic carbocycles. The highest BCUT2D eigenvalue weighted by Crippen LogP contribution is 2.20. The van der Waals surface area contributed by atoms with E-state index in [0.29, 0.717) is 6.04 Å². The summed E-state index contributed by atoms with van der Waals surface area (Å²) in [6.07, 6.45) is 6.04. The standard InChI is InChI=1S/C14H30N2O/c1-12(2)8-10-17-11-9-16(3)14-6-4-13(15)5-7-14/h12-14H,4-11,15H2,1-3H3. The van der Waals surface area contributed by atoms with Crippen LogP contribution in [0.15, 0.2) is 0 Å². The number of nitrogens with two attached hydrogens (primary N) is 1. The lowest BCUT2D eigenvalue weighted by Gasteiger charge is -2.33. The molecule has 0 bridgehead atoms. The predicted octanol–water partition coefficient (Wildman–Crippen LogP) is 2.25. The van der Waals surface area contributed by atoms with E-state index in [4.69, 9.17) is 10.5 Å². The largest absolute Gasteiger partial charge is 0.380 e. The van der Waals surface area contributed by atoms with Gasteiger partial charge in [0.15, 0.2) is 0 Å². The van der Waals surface area contributed by atoms with Crippen LogP contribution in [0.4, 0.5) is 0 Å². The summed E-state index contributed by atoms with van der Waals surface area (Å²) in [6.45, 7) is 7.30. The van der Waals surface area contributed by atoms with Crippen molar-refractivity contribution >= 4 is 0 Å². The topological polar surface area (TPSA) is 38.5 Å². The second kappa shape index (κ2) is 8.06. The fourth-order valence-corrected chi connectivity index (χ4v) is 2.35. The van der Waals surface area contributed by atoms with Crippen molar-refractivity contribution in [3.8, 4) is 0 Å². The summed E-state index contributed by atoms with van der Waals surface area (Å²) in [5.41, 5.74) is 5.92. The lowest BCUT2D eigenvalue weighted by Crippen LogP contribution is -2.40. The van der Waals surface area contributed by atoms with Crippen molar-refractivity contribution in [1.29, 1.82) is 0 Å². The summed E-state index contributed by atoms with van der Waals surface area (Å²) in [4.78, 5) is 2.45. The van der Waals surface area contributed by atoms with Gasteiger partial charge in [0, 0.05) is 25.2 Å². The van der Waals surface area contributed by atoms with Crippen LogP contribution in [0.3, 0.4) is 0 Å². The molecule has 0 aliphatic heterocycles. The molecule has 0 aromatic rings. The zero-order valence-electron chi connectivity index (χ0n) is 11.8. The Morgan fingerprint density at radius 2 is 1.82 bits per heavy atom. The highest BCUT2D eigenvalue weighted by Gasteiger charge is 2.21. The minimum Gasteiger partial charge on any atom is -0.380 e. The summed E-state index contributed by atoms with van der Waals surface area (Å²) in [6, 6.07) is 1.17. The third-order valence-electron chi connectivity index (χ3n) is 3.79. The summed E-state index contributed by atoms with van der Waals surface area (Å²) in [5, 5.41) is 0. The molecule has 0 aromatic heterocycles. The van der Waals surface area contributed by atoms with Crippen LogP contribution in [0.25, 0.3) is 0 Å². The third kappa shape index (κ3) is 6.39. The highest BCUT2D eigenvalue weighted by molar-refractivity contribution is 4.79. The molecule has 102 valence electrons. The van der Waals surface area contributed by atoms with Crippen LogP contribution >= 0.6 is 0 Å². The molecule has 1 fully saturated rings. The molecule has 3 nitrogen and oxygen atoms in total. The summed E-state index contributed by atoms with van der Waals surface area (Å²) >= 11 is 0. The van der Waals surface area contributed by atoms with Gasteiger partial charge in [-0.3, -0.25) is 0 Å². The highest BCUT2D eigenvalue weighted by atomic mass is 16.5. The Hall–Kier alpha value is -0.120. The molecule has 1 rings (SSSR count). The van der Waals surface area contributed by atoms with Crippen molar-refractivity contribution < 1.29 is 4.74 Å². The van der Waals surface area contributed by atoms with Crippen molar-refractivity contribution in [2.75, 3.05) is 26.8 Å². The Labute approximate surface area is 107 Å². The molecule has 0 amide bonds. The van der Waals surface area contributed by atoms with E-state index in [2.05, 4.69) is 25.8 Å². The first-order valence-electron chi connectivity index (χ1n) is 7.13. The maximum Gasteiger partial charge on any atom is 0.0593 e. The zero-order chi connectivity index (χ0) is 12.7. The predicted molar refractivity (Wildman–Crippen MR) is 73.1 cm³/mol. The summed E-state index contributed by atoms with van der Waals surface area (Å²) < 4.78 is 5.66. The molecule has 1 aliphatic carbocycles. The van der Waals surface area contributed by atoms with Gasteiger partial charge in [-0.25, -0.2) is 0 Å². The number of hydrogen-bond donors (Lipinski definition) is 1. The molecule has 3 heteroatoms. The smallest absolute Gasteiger partial charge is 0.0593 e. The molecule has 0 heterocycles. The van der Waals surface area contributed by atoms with E-state index >= 15 is 0 Å². The molecular weight excluding hydrogens is 212 g/mol. The van der Waals surface area contributed by atoms with Gasteiger partial charge in [-0.15, -0.1) is 0 Å². The first-order chi connectivity index (χ1) is 8.09. The maximum absolute atomic E-state index is 5.92. The van der Waals surface area contributed by atoms with E-state index in [9.17, 15) is 0 Å². The van der Waals surface area contributed by atoms with Gasteiger partial charge >= 0.3 is 0 Å². The Morgan fingerprint density at radius 3 is 2.41 bits per heavy atom. The number of nitrogens with zero attached hydrogens (tertiary/aromatic N) is 1. The van der Waals surface area contributed by atoms with Crippen LogP contribution in [-0.2, 0) is 4.74 Å². The van der Waals surface area contributed by atoms with Crippen LogP contribution in [0, 0.1) is 5.92 Å². The monoisotopic (exact) mass is 242 g/mol. The Bertz CT molecular complexity index is 189. The van der Waals surface area contributed by atoms with E-state index in [1.54, 1.807) is 0 Å².